The van der Waals surface area contributed by atoms with Gasteiger partial charge >= 0.3 is 0 Å². The van der Waals surface area contributed by atoms with Gasteiger partial charge in [0, 0.05) is 38.3 Å². The molecule has 0 aliphatic heterocycles. The van der Waals surface area contributed by atoms with E-state index in [-0.39, 0.29) is 5.41 Å². The average Bonchev–Trinajstić information content (AvgIpc) is 3.71. The van der Waals surface area contributed by atoms with Gasteiger partial charge in [0.2, 0.25) is 0 Å². The summed E-state index contributed by atoms with van der Waals surface area (Å²) >= 11 is 0. The highest BCUT2D eigenvalue weighted by Gasteiger charge is 2.40. The van der Waals surface area contributed by atoms with Gasteiger partial charge in [0.15, 0.2) is 17.5 Å². The van der Waals surface area contributed by atoms with E-state index < -0.39 is 0 Å². The van der Waals surface area contributed by atoms with E-state index in [0.29, 0.717) is 17.5 Å². The second kappa shape index (κ2) is 11.4. The molecule has 0 bridgehead atoms. The second-order valence-corrected chi connectivity index (χ2v) is 15.6. The predicted molar refractivity (Wildman–Crippen MR) is 228 cm³/mol. The van der Waals surface area contributed by atoms with Crippen LogP contribution < -0.4 is 0 Å². The summed E-state index contributed by atoms with van der Waals surface area (Å²) in [6.45, 7) is 4.74. The van der Waals surface area contributed by atoms with Crippen molar-refractivity contribution in [1.29, 1.82) is 0 Å². The fraction of sp³-hybridized carbons (Fsp3) is 0.0577. The molecule has 12 rings (SSSR count). The van der Waals surface area contributed by atoms with Gasteiger partial charge < -0.3 is 4.42 Å². The monoisotopic (exact) mass is 715 g/mol. The van der Waals surface area contributed by atoms with E-state index >= 15 is 0 Å². The lowest BCUT2D eigenvalue weighted by atomic mass is 9.80. The van der Waals surface area contributed by atoms with Gasteiger partial charge in [-0.1, -0.05) is 141 Å². The Bertz CT molecular complexity index is 3270. The molecule has 2 aromatic heterocycles. The summed E-state index contributed by atoms with van der Waals surface area (Å²) in [4.78, 5) is 15.3. The summed E-state index contributed by atoms with van der Waals surface area (Å²) in [5.74, 6) is 1.92. The van der Waals surface area contributed by atoms with Crippen molar-refractivity contribution in [3.8, 4) is 78.7 Å². The summed E-state index contributed by atoms with van der Waals surface area (Å²) in [5.41, 5.74) is 16.9. The first-order chi connectivity index (χ1) is 27.5. The van der Waals surface area contributed by atoms with Crippen LogP contribution in [0.3, 0.4) is 0 Å². The molecule has 4 heteroatoms. The highest BCUT2D eigenvalue weighted by atomic mass is 16.3. The molecule has 0 atom stereocenters. The average molecular weight is 716 g/mol. The summed E-state index contributed by atoms with van der Waals surface area (Å²) in [6, 6.07) is 58.0. The van der Waals surface area contributed by atoms with Gasteiger partial charge in [-0.3, -0.25) is 0 Å². The molecular weight excluding hydrogens is 683 g/mol. The van der Waals surface area contributed by atoms with Crippen LogP contribution in [-0.4, -0.2) is 15.0 Å². The zero-order valence-corrected chi connectivity index (χ0v) is 30.8. The van der Waals surface area contributed by atoms with Crippen molar-refractivity contribution in [2.45, 2.75) is 19.3 Å². The molecule has 0 saturated carbocycles. The lowest BCUT2D eigenvalue weighted by molar-refractivity contribution is 0.661. The third kappa shape index (κ3) is 4.44. The van der Waals surface area contributed by atoms with E-state index in [0.717, 1.165) is 50.1 Å². The first kappa shape index (κ1) is 31.2. The maximum Gasteiger partial charge on any atom is 0.164 e. The van der Waals surface area contributed by atoms with Gasteiger partial charge in [0.25, 0.3) is 0 Å². The Morgan fingerprint density at radius 2 is 0.946 bits per heavy atom. The number of furan rings is 1. The van der Waals surface area contributed by atoms with Crippen LogP contribution >= 0.6 is 0 Å². The summed E-state index contributed by atoms with van der Waals surface area (Å²) in [6.07, 6.45) is 0. The van der Waals surface area contributed by atoms with E-state index in [1.165, 1.54) is 54.9 Å². The fourth-order valence-corrected chi connectivity index (χ4v) is 9.32. The van der Waals surface area contributed by atoms with Crippen molar-refractivity contribution in [2.75, 3.05) is 0 Å². The molecule has 262 valence electrons. The van der Waals surface area contributed by atoms with Crippen molar-refractivity contribution in [3.63, 3.8) is 0 Å². The maximum atomic E-state index is 6.53. The van der Waals surface area contributed by atoms with Crippen LogP contribution in [0.25, 0.3) is 111 Å². The number of rotatable bonds is 5. The van der Waals surface area contributed by atoms with E-state index in [9.17, 15) is 0 Å². The lowest BCUT2D eigenvalue weighted by Gasteiger charge is -2.23. The largest absolute Gasteiger partial charge is 0.456 e. The summed E-state index contributed by atoms with van der Waals surface area (Å²) < 4.78 is 6.53. The lowest BCUT2D eigenvalue weighted by Crippen LogP contribution is -2.15. The Kier molecular flexibility index (Phi) is 6.37. The van der Waals surface area contributed by atoms with Crippen molar-refractivity contribution in [2.24, 2.45) is 0 Å². The van der Waals surface area contributed by atoms with E-state index in [4.69, 9.17) is 19.4 Å². The zero-order chi connectivity index (χ0) is 37.1. The number of hydrogen-bond acceptors (Lipinski definition) is 4. The minimum atomic E-state index is -0.194. The van der Waals surface area contributed by atoms with Gasteiger partial charge in [-0.05, 0) is 97.4 Å². The van der Waals surface area contributed by atoms with Crippen molar-refractivity contribution < 1.29 is 4.42 Å². The fourth-order valence-electron chi connectivity index (χ4n) is 9.32. The predicted octanol–water partition coefficient (Wildman–Crippen LogP) is 13.5. The smallest absolute Gasteiger partial charge is 0.164 e. The van der Waals surface area contributed by atoms with Crippen molar-refractivity contribution >= 4 is 32.7 Å². The number of nitrogens with zero attached hydrogens (tertiary/aromatic N) is 3. The van der Waals surface area contributed by atoms with Crippen LogP contribution in [0.4, 0.5) is 0 Å². The van der Waals surface area contributed by atoms with Crippen molar-refractivity contribution in [3.05, 3.63) is 175 Å². The van der Waals surface area contributed by atoms with E-state index in [1.807, 2.05) is 24.3 Å². The zero-order valence-electron chi connectivity index (χ0n) is 30.8. The molecular formula is C52H33N3O. The van der Waals surface area contributed by atoms with Gasteiger partial charge in [-0.2, -0.15) is 0 Å². The molecule has 10 aromatic rings. The summed E-state index contributed by atoms with van der Waals surface area (Å²) in [5, 5.41) is 4.98. The SMILES string of the molecule is CC1(C)c2cc(-c3cccc(-c4nc(-c5ccccc5)nc(-c5cccc(-c6ccccc6)c5)n4)c3)cc3c2-c2c1ccc1ccc4oc5cccc-3c5c4c21. The molecule has 2 aliphatic carbocycles. The van der Waals surface area contributed by atoms with Gasteiger partial charge in [0.05, 0.1) is 0 Å². The van der Waals surface area contributed by atoms with Gasteiger partial charge in [-0.15, -0.1) is 0 Å². The molecule has 0 spiro atoms. The number of hydrogen-bond donors (Lipinski definition) is 0. The quantitative estimate of drug-likeness (QED) is 0.178. The molecule has 0 radical (unpaired) electrons. The van der Waals surface area contributed by atoms with Crippen LogP contribution in [0, 0.1) is 0 Å². The first-order valence-corrected chi connectivity index (χ1v) is 19.2. The van der Waals surface area contributed by atoms with E-state index in [1.54, 1.807) is 0 Å². The van der Waals surface area contributed by atoms with Gasteiger partial charge in [-0.25, -0.2) is 15.0 Å². The number of benzene rings is 8. The highest BCUT2D eigenvalue weighted by molar-refractivity contribution is 6.30. The highest BCUT2D eigenvalue weighted by Crippen LogP contribution is 2.59. The van der Waals surface area contributed by atoms with Crippen molar-refractivity contribution in [1.82, 2.24) is 15.0 Å². The Labute approximate surface area is 323 Å². The normalized spacial score (nSPS) is 13.3. The molecule has 8 aromatic carbocycles. The minimum absolute atomic E-state index is 0.194. The molecule has 4 nitrogen and oxygen atoms in total. The Morgan fingerprint density at radius 1 is 0.375 bits per heavy atom. The third-order valence-electron chi connectivity index (χ3n) is 12.0. The number of fused-ring (bicyclic) bond motifs is 1. The topological polar surface area (TPSA) is 51.8 Å². The van der Waals surface area contributed by atoms with Gasteiger partial charge in [0.1, 0.15) is 11.2 Å². The maximum absolute atomic E-state index is 6.53. The van der Waals surface area contributed by atoms with Crippen LogP contribution in [0.15, 0.2) is 168 Å². The van der Waals surface area contributed by atoms with E-state index in [2.05, 4.69) is 153 Å². The number of aromatic nitrogens is 3. The molecule has 0 unspecified atom stereocenters. The van der Waals surface area contributed by atoms with Crippen LogP contribution in [0.1, 0.15) is 25.0 Å². The van der Waals surface area contributed by atoms with Crippen LogP contribution in [-0.2, 0) is 5.41 Å². The Morgan fingerprint density at radius 3 is 1.66 bits per heavy atom. The molecule has 0 amide bonds. The second-order valence-electron chi connectivity index (χ2n) is 15.6. The minimum Gasteiger partial charge on any atom is -0.456 e. The third-order valence-corrected chi connectivity index (χ3v) is 12.0. The first-order valence-electron chi connectivity index (χ1n) is 19.2. The standard InChI is InChI=1S/C52H33N3O/c1-52(2)40-24-22-31-23-25-43-48-44(31)47(40)45-39(38-20-11-21-42(56-43)46(38)48)28-37(29-41(45)52)34-17-10-19-36(27-34)51-54-49(32-14-7-4-8-15-32)53-50(55-51)35-18-9-16-33(26-35)30-12-5-3-6-13-30/h3-29H,1-2H3. The Balaban J connectivity index is 1.05. The molecule has 56 heavy (non-hydrogen) atoms. The molecule has 2 heterocycles. The molecule has 0 N–H and O–H groups in total. The Hall–Kier alpha value is -7.17. The molecule has 0 fully saturated rings. The molecule has 0 saturated heterocycles. The summed E-state index contributed by atoms with van der Waals surface area (Å²) in [7, 11) is 0. The van der Waals surface area contributed by atoms with Crippen LogP contribution in [0.2, 0.25) is 0 Å². The molecule has 2 aliphatic rings. The van der Waals surface area contributed by atoms with Crippen LogP contribution in [0.5, 0.6) is 0 Å².